The number of rotatable bonds is 3. The summed E-state index contributed by atoms with van der Waals surface area (Å²) in [6, 6.07) is 7.95. The molecule has 2 nitrogen and oxygen atoms in total. The van der Waals surface area contributed by atoms with Crippen LogP contribution in [-0.2, 0) is 0 Å². The molecule has 1 fully saturated rings. The predicted molar refractivity (Wildman–Crippen MR) is 79.6 cm³/mol. The molecule has 1 aliphatic heterocycles. The zero-order valence-corrected chi connectivity index (χ0v) is 12.4. The number of carbonyl (C=O) groups excluding carboxylic acids is 1. The van der Waals surface area contributed by atoms with Gasteiger partial charge in [-0.1, -0.05) is 36.8 Å². The first-order valence-electron chi connectivity index (χ1n) is 7.43. The van der Waals surface area contributed by atoms with Gasteiger partial charge in [0.05, 0.1) is 6.04 Å². The van der Waals surface area contributed by atoms with E-state index in [0.29, 0.717) is 0 Å². The number of nitrogens with zero attached hydrogens (tertiary/aromatic N) is 1. The monoisotopic (exact) mass is 259 g/mol. The van der Waals surface area contributed by atoms with Gasteiger partial charge in [0.25, 0.3) is 0 Å². The number of Topliss-reactive ketones (excluding diaryl/α,β-unsaturated/α-hetero) is 1. The third kappa shape index (κ3) is 3.66. The number of aryl methyl sites for hydroxylation is 1. The summed E-state index contributed by atoms with van der Waals surface area (Å²) in [4.78, 5) is 14.9. The molecule has 1 saturated heterocycles. The molecule has 2 heteroatoms. The zero-order valence-electron chi connectivity index (χ0n) is 12.4. The molecule has 19 heavy (non-hydrogen) atoms. The highest BCUT2D eigenvalue weighted by Crippen LogP contribution is 2.19. The van der Waals surface area contributed by atoms with Crippen molar-refractivity contribution < 1.29 is 4.79 Å². The molecule has 0 aromatic heterocycles. The molecule has 1 aliphatic rings. The molecule has 0 saturated carbocycles. The topological polar surface area (TPSA) is 20.3 Å². The van der Waals surface area contributed by atoms with E-state index in [2.05, 4.69) is 18.7 Å². The van der Waals surface area contributed by atoms with Crippen LogP contribution in [0.4, 0.5) is 0 Å². The maximum Gasteiger partial charge on any atom is 0.179 e. The Bertz CT molecular complexity index is 423. The van der Waals surface area contributed by atoms with E-state index in [1.807, 2.05) is 31.2 Å². The van der Waals surface area contributed by atoms with E-state index >= 15 is 0 Å². The summed E-state index contributed by atoms with van der Waals surface area (Å²) in [5, 5.41) is 0. The molecular weight excluding hydrogens is 234 g/mol. The van der Waals surface area contributed by atoms with E-state index in [1.54, 1.807) is 0 Å². The molecule has 0 spiro atoms. The van der Waals surface area contributed by atoms with Crippen LogP contribution in [0.1, 0.15) is 49.0 Å². The van der Waals surface area contributed by atoms with Crippen molar-refractivity contribution in [2.24, 2.45) is 5.92 Å². The summed E-state index contributed by atoms with van der Waals surface area (Å²) in [5.74, 6) is 1.06. The molecule has 1 aromatic rings. The Morgan fingerprint density at radius 3 is 2.58 bits per heavy atom. The van der Waals surface area contributed by atoms with Gasteiger partial charge in [-0.15, -0.1) is 0 Å². The zero-order chi connectivity index (χ0) is 13.8. The summed E-state index contributed by atoms with van der Waals surface area (Å²) < 4.78 is 0. The van der Waals surface area contributed by atoms with Crippen LogP contribution in [0, 0.1) is 12.8 Å². The Morgan fingerprint density at radius 2 is 1.89 bits per heavy atom. The smallest absolute Gasteiger partial charge is 0.179 e. The third-order valence-corrected chi connectivity index (χ3v) is 4.31. The number of likely N-dealkylation sites (tertiary alicyclic amines) is 1. The van der Waals surface area contributed by atoms with Gasteiger partial charge >= 0.3 is 0 Å². The van der Waals surface area contributed by atoms with Gasteiger partial charge in [-0.3, -0.25) is 9.69 Å². The van der Waals surface area contributed by atoms with Crippen LogP contribution >= 0.6 is 0 Å². The maximum absolute atomic E-state index is 12.5. The van der Waals surface area contributed by atoms with E-state index in [1.165, 1.54) is 24.8 Å². The Labute approximate surface area is 116 Å². The molecular formula is C17H25NO. The van der Waals surface area contributed by atoms with Crippen LogP contribution in [-0.4, -0.2) is 29.8 Å². The van der Waals surface area contributed by atoms with E-state index < -0.39 is 0 Å². The van der Waals surface area contributed by atoms with Crippen LogP contribution in [0.15, 0.2) is 24.3 Å². The van der Waals surface area contributed by atoms with Crippen molar-refractivity contribution in [3.05, 3.63) is 35.4 Å². The summed E-state index contributed by atoms with van der Waals surface area (Å²) in [6.45, 7) is 8.53. The summed E-state index contributed by atoms with van der Waals surface area (Å²) in [5.41, 5.74) is 2.04. The fourth-order valence-electron chi connectivity index (χ4n) is 2.80. The molecule has 0 radical (unpaired) electrons. The minimum atomic E-state index is 0.00741. The number of hydrogen-bond donors (Lipinski definition) is 0. The SMILES string of the molecule is Cc1ccc(C(=O)C(C)N2CCCC(C)CC2)cc1. The Hall–Kier alpha value is -1.15. The van der Waals surface area contributed by atoms with Gasteiger partial charge < -0.3 is 0 Å². The lowest BCUT2D eigenvalue weighted by Crippen LogP contribution is -2.39. The first-order chi connectivity index (χ1) is 9.08. The lowest BCUT2D eigenvalue weighted by atomic mass is 10.0. The van der Waals surface area contributed by atoms with Crippen LogP contribution in [0.2, 0.25) is 0 Å². The van der Waals surface area contributed by atoms with Gasteiger partial charge in [0, 0.05) is 5.56 Å². The van der Waals surface area contributed by atoms with E-state index in [9.17, 15) is 4.79 Å². The van der Waals surface area contributed by atoms with Gasteiger partial charge in [-0.2, -0.15) is 0 Å². The molecule has 1 aromatic carbocycles. The average Bonchev–Trinajstić information content (AvgIpc) is 2.63. The average molecular weight is 259 g/mol. The van der Waals surface area contributed by atoms with Crippen molar-refractivity contribution >= 4 is 5.78 Å². The summed E-state index contributed by atoms with van der Waals surface area (Å²) in [6.07, 6.45) is 3.72. The highest BCUT2D eigenvalue weighted by molar-refractivity contribution is 5.99. The number of hydrogen-bond acceptors (Lipinski definition) is 2. The fraction of sp³-hybridized carbons (Fsp3) is 0.588. The van der Waals surface area contributed by atoms with Crippen molar-refractivity contribution in [3.8, 4) is 0 Å². The highest BCUT2D eigenvalue weighted by atomic mass is 16.1. The third-order valence-electron chi connectivity index (χ3n) is 4.31. The highest BCUT2D eigenvalue weighted by Gasteiger charge is 2.24. The number of carbonyl (C=O) groups is 1. The Kier molecular flexibility index (Phi) is 4.76. The Morgan fingerprint density at radius 1 is 1.21 bits per heavy atom. The minimum Gasteiger partial charge on any atom is -0.293 e. The molecule has 2 unspecified atom stereocenters. The molecule has 0 amide bonds. The molecule has 0 bridgehead atoms. The first-order valence-corrected chi connectivity index (χ1v) is 7.43. The van der Waals surface area contributed by atoms with Crippen LogP contribution < -0.4 is 0 Å². The van der Waals surface area contributed by atoms with E-state index in [4.69, 9.17) is 0 Å². The first kappa shape index (κ1) is 14.3. The second-order valence-corrected chi connectivity index (χ2v) is 5.98. The van der Waals surface area contributed by atoms with Crippen molar-refractivity contribution in [1.82, 2.24) is 4.90 Å². The van der Waals surface area contributed by atoms with Gasteiger partial charge in [-0.25, -0.2) is 0 Å². The molecule has 2 atom stereocenters. The van der Waals surface area contributed by atoms with E-state index in [0.717, 1.165) is 24.6 Å². The normalized spacial score (nSPS) is 22.8. The van der Waals surface area contributed by atoms with E-state index in [-0.39, 0.29) is 11.8 Å². The molecule has 1 heterocycles. The van der Waals surface area contributed by atoms with Gasteiger partial charge in [0.2, 0.25) is 0 Å². The van der Waals surface area contributed by atoms with Crippen molar-refractivity contribution in [2.45, 2.75) is 46.1 Å². The second-order valence-electron chi connectivity index (χ2n) is 5.98. The van der Waals surface area contributed by atoms with Gasteiger partial charge in [-0.05, 0) is 52.1 Å². The molecule has 2 rings (SSSR count). The standard InChI is InChI=1S/C17H25NO/c1-13-5-4-11-18(12-10-13)15(3)17(19)16-8-6-14(2)7-9-16/h6-9,13,15H,4-5,10-12H2,1-3H3. The predicted octanol–water partition coefficient (Wildman–Crippen LogP) is 3.69. The summed E-state index contributed by atoms with van der Waals surface area (Å²) in [7, 11) is 0. The molecule has 0 aliphatic carbocycles. The van der Waals surface area contributed by atoms with Crippen LogP contribution in [0.25, 0.3) is 0 Å². The van der Waals surface area contributed by atoms with Crippen LogP contribution in [0.5, 0.6) is 0 Å². The molecule has 104 valence electrons. The minimum absolute atomic E-state index is 0.00741. The van der Waals surface area contributed by atoms with Gasteiger partial charge in [0.1, 0.15) is 0 Å². The molecule has 0 N–H and O–H groups in total. The van der Waals surface area contributed by atoms with Crippen molar-refractivity contribution in [1.29, 1.82) is 0 Å². The number of ketones is 1. The lowest BCUT2D eigenvalue weighted by molar-refractivity contribution is 0.0841. The second kappa shape index (κ2) is 6.33. The lowest BCUT2D eigenvalue weighted by Gasteiger charge is -2.26. The van der Waals surface area contributed by atoms with Crippen LogP contribution in [0.3, 0.4) is 0 Å². The number of benzene rings is 1. The Balaban J connectivity index is 2.03. The summed E-state index contributed by atoms with van der Waals surface area (Å²) >= 11 is 0. The van der Waals surface area contributed by atoms with Crippen molar-refractivity contribution in [2.75, 3.05) is 13.1 Å². The maximum atomic E-state index is 12.5. The van der Waals surface area contributed by atoms with Gasteiger partial charge in [0.15, 0.2) is 5.78 Å². The van der Waals surface area contributed by atoms with Crippen molar-refractivity contribution in [3.63, 3.8) is 0 Å². The fourth-order valence-corrected chi connectivity index (χ4v) is 2.80. The quantitative estimate of drug-likeness (QED) is 0.772. The largest absolute Gasteiger partial charge is 0.293 e.